The average Bonchev–Trinajstić information content (AvgIpc) is 2.53. The van der Waals surface area contributed by atoms with E-state index in [9.17, 15) is 0 Å². The van der Waals surface area contributed by atoms with Crippen LogP contribution in [0.15, 0.2) is 24.3 Å². The van der Waals surface area contributed by atoms with Gasteiger partial charge in [0.05, 0.1) is 12.2 Å². The maximum absolute atomic E-state index is 6.04. The lowest BCUT2D eigenvalue weighted by molar-refractivity contribution is 0.633. The predicted octanol–water partition coefficient (Wildman–Crippen LogP) is 1.87. The second-order valence-electron chi connectivity index (χ2n) is 3.31. The third-order valence-corrected chi connectivity index (χ3v) is 2.66. The lowest BCUT2D eigenvalue weighted by Crippen LogP contribution is -2.04. The molecule has 0 atom stereocenters. The van der Waals surface area contributed by atoms with E-state index in [1.807, 2.05) is 31.2 Å². The molecule has 15 heavy (non-hydrogen) atoms. The van der Waals surface area contributed by atoms with E-state index < -0.39 is 0 Å². The summed E-state index contributed by atoms with van der Waals surface area (Å²) in [6, 6.07) is 7.65. The first-order valence-electron chi connectivity index (χ1n) is 4.57. The highest BCUT2D eigenvalue weighted by atomic mass is 35.5. The SMILES string of the molecule is Cc1c(N)nnn1Cc1ccccc1Cl. The molecule has 0 saturated carbocycles. The van der Waals surface area contributed by atoms with Crippen LogP contribution in [0.5, 0.6) is 0 Å². The fourth-order valence-electron chi connectivity index (χ4n) is 1.31. The van der Waals surface area contributed by atoms with Gasteiger partial charge in [-0.1, -0.05) is 35.0 Å². The molecule has 1 aromatic carbocycles. The molecule has 0 spiro atoms. The van der Waals surface area contributed by atoms with E-state index in [1.165, 1.54) is 0 Å². The minimum Gasteiger partial charge on any atom is -0.381 e. The Hall–Kier alpha value is -1.55. The van der Waals surface area contributed by atoms with Crippen LogP contribution in [-0.2, 0) is 6.54 Å². The van der Waals surface area contributed by atoms with Crippen LogP contribution >= 0.6 is 11.6 Å². The smallest absolute Gasteiger partial charge is 0.168 e. The number of rotatable bonds is 2. The molecular formula is C10H11ClN4. The molecule has 2 N–H and O–H groups in total. The van der Waals surface area contributed by atoms with Crippen LogP contribution in [-0.4, -0.2) is 15.0 Å². The van der Waals surface area contributed by atoms with E-state index in [4.69, 9.17) is 17.3 Å². The molecule has 4 nitrogen and oxygen atoms in total. The second-order valence-corrected chi connectivity index (χ2v) is 3.72. The van der Waals surface area contributed by atoms with E-state index in [-0.39, 0.29) is 0 Å². The molecule has 0 bridgehead atoms. The lowest BCUT2D eigenvalue weighted by atomic mass is 10.2. The first-order valence-corrected chi connectivity index (χ1v) is 4.95. The van der Waals surface area contributed by atoms with Crippen molar-refractivity contribution in [3.8, 4) is 0 Å². The molecule has 1 heterocycles. The van der Waals surface area contributed by atoms with Gasteiger partial charge in [-0.3, -0.25) is 0 Å². The molecule has 2 rings (SSSR count). The normalized spacial score (nSPS) is 10.5. The Kier molecular flexibility index (Phi) is 2.60. The summed E-state index contributed by atoms with van der Waals surface area (Å²) < 4.78 is 1.73. The standard InChI is InChI=1S/C10H11ClN4/c1-7-10(12)13-14-15(7)6-8-4-2-3-5-9(8)11/h2-5H,6,12H2,1H3. The van der Waals surface area contributed by atoms with Crippen molar-refractivity contribution in [1.29, 1.82) is 0 Å². The molecule has 2 aromatic rings. The molecule has 0 radical (unpaired) electrons. The van der Waals surface area contributed by atoms with Gasteiger partial charge in [0, 0.05) is 5.02 Å². The van der Waals surface area contributed by atoms with Gasteiger partial charge in [0.2, 0.25) is 0 Å². The maximum Gasteiger partial charge on any atom is 0.168 e. The van der Waals surface area contributed by atoms with Gasteiger partial charge in [-0.2, -0.15) is 0 Å². The van der Waals surface area contributed by atoms with Gasteiger partial charge in [-0.05, 0) is 18.6 Å². The second kappa shape index (κ2) is 3.90. The summed E-state index contributed by atoms with van der Waals surface area (Å²) in [7, 11) is 0. The van der Waals surface area contributed by atoms with Crippen LogP contribution in [0.3, 0.4) is 0 Å². The Balaban J connectivity index is 2.30. The van der Waals surface area contributed by atoms with Gasteiger partial charge in [0.1, 0.15) is 0 Å². The molecule has 5 heteroatoms. The van der Waals surface area contributed by atoms with Crippen molar-refractivity contribution >= 4 is 17.4 Å². The van der Waals surface area contributed by atoms with Gasteiger partial charge in [0.15, 0.2) is 5.82 Å². The van der Waals surface area contributed by atoms with E-state index >= 15 is 0 Å². The Morgan fingerprint density at radius 2 is 2.13 bits per heavy atom. The largest absolute Gasteiger partial charge is 0.381 e. The van der Waals surface area contributed by atoms with E-state index in [0.717, 1.165) is 16.3 Å². The number of nitrogens with two attached hydrogens (primary N) is 1. The quantitative estimate of drug-likeness (QED) is 0.844. The first-order chi connectivity index (χ1) is 7.18. The number of aromatic nitrogens is 3. The molecule has 78 valence electrons. The lowest BCUT2D eigenvalue weighted by Gasteiger charge is -2.05. The van der Waals surface area contributed by atoms with Crippen molar-refractivity contribution in [2.24, 2.45) is 0 Å². The molecule has 1 aromatic heterocycles. The molecular weight excluding hydrogens is 212 g/mol. The summed E-state index contributed by atoms with van der Waals surface area (Å²) in [5.74, 6) is 0.460. The maximum atomic E-state index is 6.04. The molecule has 0 amide bonds. The molecule has 0 aliphatic rings. The van der Waals surface area contributed by atoms with Gasteiger partial charge >= 0.3 is 0 Å². The zero-order valence-electron chi connectivity index (χ0n) is 8.31. The van der Waals surface area contributed by atoms with Crippen molar-refractivity contribution in [2.75, 3.05) is 5.73 Å². The van der Waals surface area contributed by atoms with Crippen LogP contribution in [0.25, 0.3) is 0 Å². The Morgan fingerprint density at radius 1 is 1.40 bits per heavy atom. The average molecular weight is 223 g/mol. The van der Waals surface area contributed by atoms with E-state index in [1.54, 1.807) is 4.68 Å². The van der Waals surface area contributed by atoms with Gasteiger partial charge in [-0.25, -0.2) is 4.68 Å². The van der Waals surface area contributed by atoms with E-state index in [2.05, 4.69) is 10.3 Å². The summed E-state index contributed by atoms with van der Waals surface area (Å²) in [5.41, 5.74) is 7.47. The number of anilines is 1. The third-order valence-electron chi connectivity index (χ3n) is 2.30. The van der Waals surface area contributed by atoms with Gasteiger partial charge in [-0.15, -0.1) is 5.10 Å². The molecule has 0 fully saturated rings. The predicted molar refractivity (Wildman–Crippen MR) is 59.7 cm³/mol. The number of nitrogens with zero attached hydrogens (tertiary/aromatic N) is 3. The summed E-state index contributed by atoms with van der Waals surface area (Å²) >= 11 is 6.04. The first kappa shape index (κ1) is 9.98. The van der Waals surface area contributed by atoms with Crippen molar-refractivity contribution in [3.05, 3.63) is 40.5 Å². The van der Waals surface area contributed by atoms with Crippen LogP contribution in [0.1, 0.15) is 11.3 Å². The Labute approximate surface area is 92.7 Å². The minimum atomic E-state index is 0.460. The fourth-order valence-corrected chi connectivity index (χ4v) is 1.51. The number of benzene rings is 1. The molecule has 0 unspecified atom stereocenters. The van der Waals surface area contributed by atoms with Crippen molar-refractivity contribution in [2.45, 2.75) is 13.5 Å². The van der Waals surface area contributed by atoms with Crippen molar-refractivity contribution in [3.63, 3.8) is 0 Å². The van der Waals surface area contributed by atoms with E-state index in [0.29, 0.717) is 12.4 Å². The van der Waals surface area contributed by atoms with Crippen LogP contribution < -0.4 is 5.73 Å². The van der Waals surface area contributed by atoms with Crippen molar-refractivity contribution in [1.82, 2.24) is 15.0 Å². The van der Waals surface area contributed by atoms with Gasteiger partial charge < -0.3 is 5.73 Å². The van der Waals surface area contributed by atoms with Gasteiger partial charge in [0.25, 0.3) is 0 Å². The van der Waals surface area contributed by atoms with Crippen LogP contribution in [0.4, 0.5) is 5.82 Å². The highest BCUT2D eigenvalue weighted by Gasteiger charge is 2.06. The number of hydrogen-bond acceptors (Lipinski definition) is 3. The zero-order valence-corrected chi connectivity index (χ0v) is 9.07. The summed E-state index contributed by atoms with van der Waals surface area (Å²) in [5, 5.41) is 8.45. The summed E-state index contributed by atoms with van der Waals surface area (Å²) in [6.45, 7) is 2.47. The number of nitrogen functional groups attached to an aromatic ring is 1. The van der Waals surface area contributed by atoms with Crippen LogP contribution in [0, 0.1) is 6.92 Å². The number of halogens is 1. The third kappa shape index (κ3) is 1.94. The monoisotopic (exact) mass is 222 g/mol. The highest BCUT2D eigenvalue weighted by Crippen LogP contribution is 2.17. The van der Waals surface area contributed by atoms with Crippen LogP contribution in [0.2, 0.25) is 5.02 Å². The highest BCUT2D eigenvalue weighted by molar-refractivity contribution is 6.31. The Bertz CT molecular complexity index is 478. The molecule has 0 aliphatic heterocycles. The fraction of sp³-hybridized carbons (Fsp3) is 0.200. The zero-order chi connectivity index (χ0) is 10.8. The topological polar surface area (TPSA) is 56.7 Å². The number of hydrogen-bond donors (Lipinski definition) is 1. The summed E-state index contributed by atoms with van der Waals surface area (Å²) in [6.07, 6.45) is 0. The minimum absolute atomic E-state index is 0.460. The Morgan fingerprint density at radius 3 is 2.73 bits per heavy atom. The summed E-state index contributed by atoms with van der Waals surface area (Å²) in [4.78, 5) is 0. The molecule has 0 saturated heterocycles. The van der Waals surface area contributed by atoms with Crippen molar-refractivity contribution < 1.29 is 0 Å². The molecule has 0 aliphatic carbocycles.